The lowest BCUT2D eigenvalue weighted by atomic mass is 10.0. The lowest BCUT2D eigenvalue weighted by Crippen LogP contribution is -2.47. The van der Waals surface area contributed by atoms with Gasteiger partial charge in [0.25, 0.3) is 7.82 Å². The molecule has 1 N–H and O–H groups in total. The fourth-order valence-electron chi connectivity index (χ4n) is 10.8. The van der Waals surface area contributed by atoms with Crippen LogP contribution in [0.15, 0.2) is 12.2 Å². The largest absolute Gasteiger partial charge is 0.756 e. The molecule has 0 aliphatic heterocycles. The quantitative estimate of drug-likeness (QED) is 0.0212. The highest BCUT2D eigenvalue weighted by molar-refractivity contribution is 7.45. The number of quaternary nitrogens is 1. The first-order valence-corrected chi connectivity index (χ1v) is 36.5. The molecule has 0 fully saturated rings. The fraction of sp³-hybridized carbons (Fsp3) is 0.942. The molecule has 0 saturated carbocycles. The third-order valence-electron chi connectivity index (χ3n) is 16.2. The van der Waals surface area contributed by atoms with Gasteiger partial charge in [-0.1, -0.05) is 335 Å². The van der Waals surface area contributed by atoms with Crippen molar-refractivity contribution in [3.63, 3.8) is 0 Å². The van der Waals surface area contributed by atoms with Crippen molar-refractivity contribution in [1.82, 2.24) is 5.32 Å². The number of hydrogen-bond donors (Lipinski definition) is 1. The fourth-order valence-corrected chi connectivity index (χ4v) is 11.5. The highest BCUT2D eigenvalue weighted by Crippen LogP contribution is 2.38. The van der Waals surface area contributed by atoms with E-state index >= 15 is 0 Å². The molecule has 3 atom stereocenters. The number of nitrogens with one attached hydrogen (secondary N) is 1. The molecule has 9 nitrogen and oxygen atoms in total. The molecule has 0 aliphatic carbocycles. The summed E-state index contributed by atoms with van der Waals surface area (Å²) in [6, 6.07) is -0.880. The molecular weight excluding hydrogens is 1000 g/mol. The molecular formula is C69H137N2O7P. The summed E-state index contributed by atoms with van der Waals surface area (Å²) in [6.45, 7) is 6.92. The number of ether oxygens (including phenoxy) is 1. The van der Waals surface area contributed by atoms with Gasteiger partial charge in [-0.15, -0.1) is 0 Å². The van der Waals surface area contributed by atoms with Crippen molar-refractivity contribution < 1.29 is 37.3 Å². The number of rotatable bonds is 65. The van der Waals surface area contributed by atoms with Gasteiger partial charge in [0.05, 0.1) is 33.8 Å². The Labute approximate surface area is 492 Å². The van der Waals surface area contributed by atoms with Gasteiger partial charge < -0.3 is 28.5 Å². The Hall–Kier alpha value is -1.25. The first kappa shape index (κ1) is 77.8. The van der Waals surface area contributed by atoms with Crippen molar-refractivity contribution in [2.75, 3.05) is 40.9 Å². The molecule has 0 bridgehead atoms. The number of carbonyl (C=O) groups excluding carboxylic acids is 2. The molecule has 0 spiro atoms. The number of allylic oxidation sites excluding steroid dienone is 1. The van der Waals surface area contributed by atoms with Crippen molar-refractivity contribution in [2.24, 2.45) is 0 Å². The maximum Gasteiger partial charge on any atom is 0.306 e. The van der Waals surface area contributed by atoms with Gasteiger partial charge in [0, 0.05) is 12.8 Å². The van der Waals surface area contributed by atoms with Crippen LogP contribution < -0.4 is 10.2 Å². The van der Waals surface area contributed by atoms with E-state index in [2.05, 4.69) is 26.1 Å². The molecule has 0 aromatic carbocycles. The first-order valence-electron chi connectivity index (χ1n) is 35.0. The molecule has 470 valence electrons. The van der Waals surface area contributed by atoms with Gasteiger partial charge in [-0.3, -0.25) is 14.2 Å². The van der Waals surface area contributed by atoms with Crippen LogP contribution in [0.3, 0.4) is 0 Å². The van der Waals surface area contributed by atoms with Crippen LogP contribution in [-0.2, 0) is 27.9 Å². The number of phosphoric acid groups is 1. The molecule has 0 saturated heterocycles. The molecule has 0 heterocycles. The molecule has 1 amide bonds. The van der Waals surface area contributed by atoms with E-state index in [1.54, 1.807) is 0 Å². The van der Waals surface area contributed by atoms with Crippen LogP contribution in [0.25, 0.3) is 0 Å². The SMILES string of the molecule is CCCCCCCCCCC/C=C/C(OC(=O)CCCCCCCCCCCCCCCCCCCCCCC)C(COP(=O)([O-])OCC[N+](C)(C)C)NC(=O)CCCCCCCCCCCCCCCCCCCCCCC. The molecule has 0 aromatic heterocycles. The summed E-state index contributed by atoms with van der Waals surface area (Å²) in [7, 11) is 1.21. The van der Waals surface area contributed by atoms with Crippen molar-refractivity contribution in [3.8, 4) is 0 Å². The molecule has 10 heteroatoms. The zero-order valence-corrected chi connectivity index (χ0v) is 54.8. The number of phosphoric ester groups is 1. The van der Waals surface area contributed by atoms with Gasteiger partial charge >= 0.3 is 5.97 Å². The predicted octanol–water partition coefficient (Wildman–Crippen LogP) is 21.3. The summed E-state index contributed by atoms with van der Waals surface area (Å²) in [5.74, 6) is -0.514. The second-order valence-corrected chi connectivity index (χ2v) is 26.8. The van der Waals surface area contributed by atoms with E-state index in [4.69, 9.17) is 13.8 Å². The smallest absolute Gasteiger partial charge is 0.306 e. The Morgan fingerprint density at radius 2 is 0.722 bits per heavy atom. The number of esters is 1. The van der Waals surface area contributed by atoms with Gasteiger partial charge in [0.15, 0.2) is 0 Å². The number of amides is 1. The molecule has 0 aromatic rings. The van der Waals surface area contributed by atoms with Gasteiger partial charge in [-0.05, 0) is 31.8 Å². The zero-order chi connectivity index (χ0) is 57.9. The third-order valence-corrected chi connectivity index (χ3v) is 17.2. The molecule has 3 unspecified atom stereocenters. The van der Waals surface area contributed by atoms with E-state index in [9.17, 15) is 19.0 Å². The van der Waals surface area contributed by atoms with Crippen LogP contribution in [0, 0.1) is 0 Å². The molecule has 0 aliphatic rings. The lowest BCUT2D eigenvalue weighted by molar-refractivity contribution is -0.870. The number of unbranched alkanes of at least 4 members (excludes halogenated alkanes) is 49. The minimum absolute atomic E-state index is 0.0165. The van der Waals surface area contributed by atoms with Crippen LogP contribution in [0.2, 0.25) is 0 Å². The Kier molecular flexibility index (Phi) is 58.9. The lowest BCUT2D eigenvalue weighted by Gasteiger charge is -2.30. The van der Waals surface area contributed by atoms with Gasteiger partial charge in [-0.25, -0.2) is 0 Å². The molecule has 79 heavy (non-hydrogen) atoms. The zero-order valence-electron chi connectivity index (χ0n) is 53.9. The van der Waals surface area contributed by atoms with Crippen LogP contribution >= 0.6 is 7.82 Å². The number of likely N-dealkylation sites (N-methyl/N-ethyl adjacent to an activating group) is 1. The van der Waals surface area contributed by atoms with Crippen LogP contribution in [-0.4, -0.2) is 69.4 Å². The van der Waals surface area contributed by atoms with E-state index in [1.807, 2.05) is 33.3 Å². The number of carbonyl (C=O) groups is 2. The molecule has 0 radical (unpaired) electrons. The Morgan fingerprint density at radius 3 is 1.04 bits per heavy atom. The third kappa shape index (κ3) is 61.1. The molecule has 0 rings (SSSR count). The van der Waals surface area contributed by atoms with E-state index < -0.39 is 20.0 Å². The number of nitrogens with zero attached hydrogens (tertiary/aromatic N) is 1. The van der Waals surface area contributed by atoms with Crippen molar-refractivity contribution in [3.05, 3.63) is 12.2 Å². The summed E-state index contributed by atoms with van der Waals surface area (Å²) < 4.78 is 30.4. The van der Waals surface area contributed by atoms with Crippen molar-refractivity contribution >= 4 is 19.7 Å². The average molecular weight is 1140 g/mol. The summed E-state index contributed by atoms with van der Waals surface area (Å²) in [5, 5.41) is 3.05. The van der Waals surface area contributed by atoms with Gasteiger partial charge in [0.1, 0.15) is 19.3 Å². The van der Waals surface area contributed by atoms with Gasteiger partial charge in [-0.2, -0.15) is 0 Å². The summed E-state index contributed by atoms with van der Waals surface area (Å²) in [5.41, 5.74) is 0. The topological polar surface area (TPSA) is 114 Å². The average Bonchev–Trinajstić information content (AvgIpc) is 3.41. The maximum atomic E-state index is 13.6. The highest BCUT2D eigenvalue weighted by Gasteiger charge is 2.27. The Bertz CT molecular complexity index is 1360. The minimum Gasteiger partial charge on any atom is -0.756 e. The standard InChI is InChI=1S/C69H137N2O7P/c1-7-10-13-16-19-22-25-27-29-31-33-35-37-39-41-43-46-49-52-55-58-61-68(72)70-66(65-77-79(74,75)76-64-63-71(4,5)6)67(60-57-54-51-48-45-24-21-18-15-12-9-3)78-69(73)62-59-56-53-50-47-44-42-40-38-36-34-32-30-28-26-23-20-17-14-11-8-2/h57,60,66-67H,7-56,58-59,61-65H2,1-6H3,(H-,70,72,74,75)/b60-57+. The minimum atomic E-state index is -4.69. The second-order valence-electron chi connectivity index (χ2n) is 25.4. The highest BCUT2D eigenvalue weighted by atomic mass is 31.2. The van der Waals surface area contributed by atoms with Crippen LogP contribution in [0.1, 0.15) is 367 Å². The Morgan fingerprint density at radius 1 is 0.430 bits per heavy atom. The first-order chi connectivity index (χ1) is 38.4. The predicted molar refractivity (Wildman–Crippen MR) is 340 cm³/mol. The van der Waals surface area contributed by atoms with E-state index in [0.29, 0.717) is 17.4 Å². The van der Waals surface area contributed by atoms with Crippen molar-refractivity contribution in [1.29, 1.82) is 0 Å². The summed E-state index contributed by atoms with van der Waals surface area (Å²) in [6.07, 6.45) is 70.5. The normalized spacial score (nSPS) is 13.6. The monoisotopic (exact) mass is 1140 g/mol. The number of hydrogen-bond acceptors (Lipinski definition) is 7. The van der Waals surface area contributed by atoms with Crippen LogP contribution in [0.4, 0.5) is 0 Å². The van der Waals surface area contributed by atoms with Crippen LogP contribution in [0.5, 0.6) is 0 Å². The maximum absolute atomic E-state index is 13.6. The van der Waals surface area contributed by atoms with E-state index in [1.165, 1.54) is 276 Å². The second kappa shape index (κ2) is 59.9. The summed E-state index contributed by atoms with van der Waals surface area (Å²) in [4.78, 5) is 40.1. The van der Waals surface area contributed by atoms with Gasteiger partial charge in [0.2, 0.25) is 5.91 Å². The summed E-state index contributed by atoms with van der Waals surface area (Å²) >= 11 is 0. The van der Waals surface area contributed by atoms with E-state index in [0.717, 1.165) is 57.8 Å². The van der Waals surface area contributed by atoms with E-state index in [-0.39, 0.29) is 31.5 Å². The van der Waals surface area contributed by atoms with Crippen molar-refractivity contribution in [2.45, 2.75) is 380 Å². The Balaban J connectivity index is 5.01.